The lowest BCUT2D eigenvalue weighted by Crippen LogP contribution is -2.52. The standard InChI is InChI=1S/C13H16ClN3O2/c1-3-12-16(2)15-11(13(18)19)8-17(12)10-6-4-9(14)5-7-10/h4-7,12H,3,8H2,1-2H3,(H,18,19). The third-order valence-electron chi connectivity index (χ3n) is 3.16. The molecule has 0 aromatic heterocycles. The van der Waals surface area contributed by atoms with Gasteiger partial charge in [0.05, 0.1) is 6.54 Å². The lowest BCUT2D eigenvalue weighted by molar-refractivity contribution is -0.129. The number of nitrogens with zero attached hydrogens (tertiary/aromatic N) is 3. The molecule has 0 aliphatic carbocycles. The fraction of sp³-hybridized carbons (Fsp3) is 0.385. The number of hydrogen-bond donors (Lipinski definition) is 1. The lowest BCUT2D eigenvalue weighted by Gasteiger charge is -2.40. The summed E-state index contributed by atoms with van der Waals surface area (Å²) in [5, 5.41) is 15.6. The average molecular weight is 282 g/mol. The molecule has 0 bridgehead atoms. The van der Waals surface area contributed by atoms with Crippen molar-refractivity contribution in [3.8, 4) is 0 Å². The molecule has 2 rings (SSSR count). The van der Waals surface area contributed by atoms with E-state index in [1.54, 1.807) is 24.2 Å². The molecule has 0 spiro atoms. The van der Waals surface area contributed by atoms with Crippen LogP contribution in [0.2, 0.25) is 5.02 Å². The summed E-state index contributed by atoms with van der Waals surface area (Å²) in [7, 11) is 1.79. The van der Waals surface area contributed by atoms with Crippen molar-refractivity contribution in [3.63, 3.8) is 0 Å². The number of carboxylic acids is 1. The molecule has 1 N–H and O–H groups in total. The van der Waals surface area contributed by atoms with Crippen molar-refractivity contribution in [2.45, 2.75) is 19.5 Å². The Hall–Kier alpha value is -1.75. The van der Waals surface area contributed by atoms with Crippen LogP contribution in [0.25, 0.3) is 0 Å². The van der Waals surface area contributed by atoms with Crippen molar-refractivity contribution in [2.24, 2.45) is 5.10 Å². The second kappa shape index (κ2) is 5.48. The van der Waals surface area contributed by atoms with Crippen molar-refractivity contribution < 1.29 is 9.90 Å². The minimum Gasteiger partial charge on any atom is -0.477 e. The van der Waals surface area contributed by atoms with Crippen LogP contribution in [-0.4, -0.2) is 41.6 Å². The van der Waals surface area contributed by atoms with E-state index in [1.165, 1.54) is 0 Å². The van der Waals surface area contributed by atoms with Gasteiger partial charge in [0.25, 0.3) is 0 Å². The first kappa shape index (κ1) is 13.7. The molecular weight excluding hydrogens is 266 g/mol. The number of hydrogen-bond acceptors (Lipinski definition) is 4. The molecule has 0 saturated carbocycles. The fourth-order valence-electron chi connectivity index (χ4n) is 2.25. The highest BCUT2D eigenvalue weighted by Crippen LogP contribution is 2.24. The molecule has 0 radical (unpaired) electrons. The summed E-state index contributed by atoms with van der Waals surface area (Å²) in [6.07, 6.45) is 0.888. The molecule has 1 aromatic carbocycles. The Kier molecular flexibility index (Phi) is 3.95. The van der Waals surface area contributed by atoms with E-state index in [-0.39, 0.29) is 11.9 Å². The van der Waals surface area contributed by atoms with Crippen LogP contribution in [0, 0.1) is 0 Å². The van der Waals surface area contributed by atoms with E-state index in [4.69, 9.17) is 16.7 Å². The zero-order valence-corrected chi connectivity index (χ0v) is 11.6. The minimum atomic E-state index is -0.986. The monoisotopic (exact) mass is 281 g/mol. The zero-order valence-electron chi connectivity index (χ0n) is 10.9. The van der Waals surface area contributed by atoms with Crippen LogP contribution in [-0.2, 0) is 4.79 Å². The van der Waals surface area contributed by atoms with Crippen LogP contribution in [0.3, 0.4) is 0 Å². The Bertz CT molecular complexity index is 501. The van der Waals surface area contributed by atoms with Gasteiger partial charge >= 0.3 is 5.97 Å². The maximum atomic E-state index is 11.1. The predicted molar refractivity (Wildman–Crippen MR) is 75.7 cm³/mol. The van der Waals surface area contributed by atoms with Crippen molar-refractivity contribution >= 4 is 29.0 Å². The van der Waals surface area contributed by atoms with Gasteiger partial charge in [-0.3, -0.25) is 5.01 Å². The number of carboxylic acid groups (broad SMARTS) is 1. The molecule has 0 amide bonds. The van der Waals surface area contributed by atoms with Gasteiger partial charge in [-0.1, -0.05) is 18.5 Å². The van der Waals surface area contributed by atoms with Gasteiger partial charge in [-0.2, -0.15) is 5.10 Å². The van der Waals surface area contributed by atoms with Gasteiger partial charge in [0, 0.05) is 17.8 Å². The molecule has 19 heavy (non-hydrogen) atoms. The Balaban J connectivity index is 2.34. The molecular formula is C13H16ClN3O2. The third-order valence-corrected chi connectivity index (χ3v) is 3.41. The molecule has 0 fully saturated rings. The van der Waals surface area contributed by atoms with E-state index in [9.17, 15) is 4.79 Å². The van der Waals surface area contributed by atoms with Gasteiger partial charge in [-0.25, -0.2) is 4.79 Å². The molecule has 1 atom stereocenters. The van der Waals surface area contributed by atoms with E-state index in [2.05, 4.69) is 5.10 Å². The summed E-state index contributed by atoms with van der Waals surface area (Å²) >= 11 is 5.88. The number of anilines is 1. The number of halogens is 1. The van der Waals surface area contributed by atoms with Gasteiger partial charge in [-0.05, 0) is 30.7 Å². The molecule has 6 heteroatoms. The highest BCUT2D eigenvalue weighted by molar-refractivity contribution is 6.37. The van der Waals surface area contributed by atoms with E-state index in [0.29, 0.717) is 11.6 Å². The molecule has 102 valence electrons. The number of rotatable bonds is 3. The average Bonchev–Trinajstić information content (AvgIpc) is 2.38. The molecule has 1 aliphatic heterocycles. The SMILES string of the molecule is CCC1N(C)N=C(C(=O)O)CN1c1ccc(Cl)cc1. The van der Waals surface area contributed by atoms with Crippen LogP contribution in [0.4, 0.5) is 5.69 Å². The first-order valence-corrected chi connectivity index (χ1v) is 6.46. The van der Waals surface area contributed by atoms with E-state index in [1.807, 2.05) is 24.0 Å². The van der Waals surface area contributed by atoms with E-state index < -0.39 is 5.97 Å². The van der Waals surface area contributed by atoms with Crippen LogP contribution in [0.15, 0.2) is 29.4 Å². The molecule has 0 saturated heterocycles. The largest absolute Gasteiger partial charge is 0.477 e. The van der Waals surface area contributed by atoms with Crippen LogP contribution in [0.5, 0.6) is 0 Å². The predicted octanol–water partition coefficient (Wildman–Crippen LogP) is 2.27. The summed E-state index contributed by atoms with van der Waals surface area (Å²) in [5.74, 6) is -0.986. The van der Waals surface area contributed by atoms with E-state index >= 15 is 0 Å². The number of carbonyl (C=O) groups is 1. The third kappa shape index (κ3) is 2.81. The second-order valence-electron chi connectivity index (χ2n) is 4.42. The molecule has 5 nitrogen and oxygen atoms in total. The molecule has 1 heterocycles. The van der Waals surface area contributed by atoms with Gasteiger partial charge in [0.2, 0.25) is 0 Å². The van der Waals surface area contributed by atoms with Crippen molar-refractivity contribution in [1.29, 1.82) is 0 Å². The summed E-state index contributed by atoms with van der Waals surface area (Å²) in [6, 6.07) is 7.39. The van der Waals surface area contributed by atoms with Gasteiger partial charge in [-0.15, -0.1) is 0 Å². The van der Waals surface area contributed by atoms with Crippen molar-refractivity contribution in [3.05, 3.63) is 29.3 Å². The topological polar surface area (TPSA) is 56.1 Å². The quantitative estimate of drug-likeness (QED) is 0.923. The van der Waals surface area contributed by atoms with Crippen LogP contribution >= 0.6 is 11.6 Å². The summed E-state index contributed by atoms with van der Waals surface area (Å²) in [4.78, 5) is 13.1. The first-order chi connectivity index (χ1) is 9.02. The first-order valence-electron chi connectivity index (χ1n) is 6.08. The van der Waals surface area contributed by atoms with Crippen molar-refractivity contribution in [2.75, 3.05) is 18.5 Å². The summed E-state index contributed by atoms with van der Waals surface area (Å²) in [6.45, 7) is 2.34. The molecule has 1 aromatic rings. The number of hydrazone groups is 1. The highest BCUT2D eigenvalue weighted by atomic mass is 35.5. The van der Waals surface area contributed by atoms with Crippen LogP contribution in [0.1, 0.15) is 13.3 Å². The maximum Gasteiger partial charge on any atom is 0.353 e. The number of benzene rings is 1. The number of aliphatic carboxylic acids is 1. The summed E-state index contributed by atoms with van der Waals surface area (Å²) < 4.78 is 0. The van der Waals surface area contributed by atoms with Gasteiger partial charge in [0.1, 0.15) is 6.17 Å². The fourth-order valence-corrected chi connectivity index (χ4v) is 2.37. The Morgan fingerprint density at radius 1 is 1.47 bits per heavy atom. The van der Waals surface area contributed by atoms with Gasteiger partial charge < -0.3 is 10.0 Å². The Morgan fingerprint density at radius 3 is 2.63 bits per heavy atom. The summed E-state index contributed by atoms with van der Waals surface area (Å²) in [5.41, 5.74) is 1.08. The molecule has 1 unspecified atom stereocenters. The zero-order chi connectivity index (χ0) is 14.0. The van der Waals surface area contributed by atoms with Gasteiger partial charge in [0.15, 0.2) is 5.71 Å². The van der Waals surface area contributed by atoms with E-state index in [0.717, 1.165) is 12.1 Å². The highest BCUT2D eigenvalue weighted by Gasteiger charge is 2.29. The smallest absolute Gasteiger partial charge is 0.353 e. The molecule has 1 aliphatic rings. The lowest BCUT2D eigenvalue weighted by atomic mass is 10.2. The van der Waals surface area contributed by atoms with Crippen LogP contribution < -0.4 is 4.90 Å². The minimum absolute atomic E-state index is 0.0456. The maximum absolute atomic E-state index is 11.1. The Morgan fingerprint density at radius 2 is 2.11 bits per heavy atom. The van der Waals surface area contributed by atoms with Crippen molar-refractivity contribution in [1.82, 2.24) is 5.01 Å². The second-order valence-corrected chi connectivity index (χ2v) is 4.86. The normalized spacial score (nSPS) is 19.3. The Labute approximate surface area is 117 Å².